The molecule has 1 aromatic carbocycles. The summed E-state index contributed by atoms with van der Waals surface area (Å²) < 4.78 is 0. The fourth-order valence-electron chi connectivity index (χ4n) is 1.78. The van der Waals surface area contributed by atoms with Crippen LogP contribution in [0.15, 0.2) is 24.3 Å². The van der Waals surface area contributed by atoms with Gasteiger partial charge in [-0.05, 0) is 32.0 Å². The molecular formula is C12H16N2O. The topological polar surface area (TPSA) is 32.3 Å². The van der Waals surface area contributed by atoms with Crippen LogP contribution in [0.5, 0.6) is 0 Å². The molecule has 0 atom stereocenters. The lowest BCUT2D eigenvalue weighted by atomic mass is 10.2. The predicted octanol–water partition coefficient (Wildman–Crippen LogP) is 1.32. The van der Waals surface area contributed by atoms with Crippen LogP contribution in [0.2, 0.25) is 0 Å². The van der Waals surface area contributed by atoms with Gasteiger partial charge >= 0.3 is 0 Å². The summed E-state index contributed by atoms with van der Waals surface area (Å²) in [5.41, 5.74) is 2.23. The molecule has 3 heteroatoms. The van der Waals surface area contributed by atoms with Crippen LogP contribution in [-0.4, -0.2) is 25.5 Å². The second-order valence-corrected chi connectivity index (χ2v) is 3.91. The lowest BCUT2D eigenvalue weighted by Gasteiger charge is -2.20. The van der Waals surface area contributed by atoms with Crippen molar-refractivity contribution < 1.29 is 4.79 Å². The number of rotatable bonds is 1. The van der Waals surface area contributed by atoms with Crippen LogP contribution < -0.4 is 10.2 Å². The Morgan fingerprint density at radius 1 is 1.27 bits per heavy atom. The van der Waals surface area contributed by atoms with Crippen molar-refractivity contribution in [3.8, 4) is 0 Å². The van der Waals surface area contributed by atoms with Crippen LogP contribution in [-0.2, 0) is 4.79 Å². The molecular weight excluding hydrogens is 188 g/mol. The molecule has 0 aromatic heterocycles. The van der Waals surface area contributed by atoms with Crippen molar-refractivity contribution in [3.05, 3.63) is 29.8 Å². The van der Waals surface area contributed by atoms with E-state index in [9.17, 15) is 4.79 Å². The Hall–Kier alpha value is -1.35. The number of amides is 1. The maximum absolute atomic E-state index is 11.8. The summed E-state index contributed by atoms with van der Waals surface area (Å²) in [4.78, 5) is 13.6. The maximum Gasteiger partial charge on any atom is 0.240 e. The van der Waals surface area contributed by atoms with Gasteiger partial charge in [0.05, 0.1) is 6.54 Å². The van der Waals surface area contributed by atoms with Gasteiger partial charge in [0.2, 0.25) is 5.91 Å². The van der Waals surface area contributed by atoms with Gasteiger partial charge in [-0.3, -0.25) is 4.79 Å². The van der Waals surface area contributed by atoms with Crippen LogP contribution >= 0.6 is 0 Å². The number of anilines is 1. The molecule has 1 heterocycles. The molecule has 1 aliphatic rings. The van der Waals surface area contributed by atoms with E-state index in [1.165, 1.54) is 5.56 Å². The van der Waals surface area contributed by atoms with Crippen molar-refractivity contribution in [1.29, 1.82) is 0 Å². The molecule has 15 heavy (non-hydrogen) atoms. The van der Waals surface area contributed by atoms with Gasteiger partial charge in [-0.1, -0.05) is 17.7 Å². The van der Waals surface area contributed by atoms with Gasteiger partial charge in [-0.25, -0.2) is 0 Å². The molecule has 2 rings (SSSR count). The molecule has 0 bridgehead atoms. The van der Waals surface area contributed by atoms with Crippen molar-refractivity contribution in [2.75, 3.05) is 24.5 Å². The van der Waals surface area contributed by atoms with Crippen molar-refractivity contribution >= 4 is 11.6 Å². The monoisotopic (exact) mass is 204 g/mol. The molecule has 0 spiro atoms. The number of nitrogens with zero attached hydrogens (tertiary/aromatic N) is 1. The Morgan fingerprint density at radius 2 is 2.00 bits per heavy atom. The third-order valence-corrected chi connectivity index (χ3v) is 2.66. The number of carbonyl (C=O) groups excluding carboxylic acids is 1. The zero-order chi connectivity index (χ0) is 10.7. The smallest absolute Gasteiger partial charge is 0.240 e. The minimum Gasteiger partial charge on any atom is -0.311 e. The zero-order valence-corrected chi connectivity index (χ0v) is 8.99. The van der Waals surface area contributed by atoms with Gasteiger partial charge in [0.25, 0.3) is 0 Å². The number of benzene rings is 1. The van der Waals surface area contributed by atoms with E-state index in [1.54, 1.807) is 0 Å². The normalized spacial score (nSPS) is 17.7. The van der Waals surface area contributed by atoms with E-state index in [-0.39, 0.29) is 5.91 Å². The third kappa shape index (κ3) is 2.36. The fraction of sp³-hybridized carbons (Fsp3) is 0.417. The molecule has 1 N–H and O–H groups in total. The van der Waals surface area contributed by atoms with Crippen LogP contribution in [0.4, 0.5) is 5.69 Å². The van der Waals surface area contributed by atoms with Gasteiger partial charge in [0.1, 0.15) is 0 Å². The molecule has 0 aliphatic carbocycles. The van der Waals surface area contributed by atoms with Gasteiger partial charge in [0, 0.05) is 12.2 Å². The number of aryl methyl sites for hydroxylation is 1. The molecule has 80 valence electrons. The summed E-state index contributed by atoms with van der Waals surface area (Å²) in [5.74, 6) is 0.163. The van der Waals surface area contributed by atoms with Gasteiger partial charge in [0.15, 0.2) is 0 Å². The highest BCUT2D eigenvalue weighted by Gasteiger charge is 2.17. The first-order valence-electron chi connectivity index (χ1n) is 5.35. The van der Waals surface area contributed by atoms with Crippen LogP contribution in [0.3, 0.4) is 0 Å². The summed E-state index contributed by atoms with van der Waals surface area (Å²) >= 11 is 0. The Bertz CT molecular complexity index is 345. The molecule has 1 saturated heterocycles. The summed E-state index contributed by atoms with van der Waals surface area (Å²) in [6.45, 7) is 4.24. The van der Waals surface area contributed by atoms with Crippen molar-refractivity contribution in [3.63, 3.8) is 0 Å². The van der Waals surface area contributed by atoms with Gasteiger partial charge in [-0.2, -0.15) is 0 Å². The predicted molar refractivity (Wildman–Crippen MR) is 61.0 cm³/mol. The first-order chi connectivity index (χ1) is 7.27. The van der Waals surface area contributed by atoms with Gasteiger partial charge < -0.3 is 10.2 Å². The highest BCUT2D eigenvalue weighted by molar-refractivity contribution is 5.95. The summed E-state index contributed by atoms with van der Waals surface area (Å²) in [6, 6.07) is 8.11. The minimum absolute atomic E-state index is 0.163. The molecule has 0 unspecified atom stereocenters. The molecule has 0 saturated carbocycles. The van der Waals surface area contributed by atoms with E-state index < -0.39 is 0 Å². The highest BCUT2D eigenvalue weighted by atomic mass is 16.2. The van der Waals surface area contributed by atoms with E-state index in [0.29, 0.717) is 6.54 Å². The van der Waals surface area contributed by atoms with E-state index >= 15 is 0 Å². The van der Waals surface area contributed by atoms with E-state index in [1.807, 2.05) is 29.2 Å². The minimum atomic E-state index is 0.163. The standard InChI is InChI=1S/C12H16N2O/c1-10-3-5-11(6-4-10)14-8-2-7-13-9-12(14)15/h3-6,13H,2,7-9H2,1H3. The quantitative estimate of drug-likeness (QED) is 0.748. The number of nitrogens with one attached hydrogen (secondary N) is 1. The van der Waals surface area contributed by atoms with Gasteiger partial charge in [-0.15, -0.1) is 0 Å². The molecule has 0 radical (unpaired) electrons. The van der Waals surface area contributed by atoms with E-state index in [0.717, 1.165) is 25.2 Å². The zero-order valence-electron chi connectivity index (χ0n) is 8.99. The average molecular weight is 204 g/mol. The number of hydrogen-bond acceptors (Lipinski definition) is 2. The SMILES string of the molecule is Cc1ccc(N2CCCNCC2=O)cc1. The van der Waals surface area contributed by atoms with E-state index in [4.69, 9.17) is 0 Å². The van der Waals surface area contributed by atoms with Crippen molar-refractivity contribution in [1.82, 2.24) is 5.32 Å². The Balaban J connectivity index is 2.20. The second-order valence-electron chi connectivity index (χ2n) is 3.91. The Morgan fingerprint density at radius 3 is 2.73 bits per heavy atom. The van der Waals surface area contributed by atoms with Crippen molar-refractivity contribution in [2.45, 2.75) is 13.3 Å². The molecule has 3 nitrogen and oxygen atoms in total. The Labute approximate surface area is 90.1 Å². The maximum atomic E-state index is 11.8. The lowest BCUT2D eigenvalue weighted by Crippen LogP contribution is -2.34. The fourth-order valence-corrected chi connectivity index (χ4v) is 1.78. The number of carbonyl (C=O) groups is 1. The first kappa shape index (κ1) is 10.2. The molecule has 1 fully saturated rings. The molecule has 1 aliphatic heterocycles. The first-order valence-corrected chi connectivity index (χ1v) is 5.35. The van der Waals surface area contributed by atoms with Crippen LogP contribution in [0.25, 0.3) is 0 Å². The van der Waals surface area contributed by atoms with E-state index in [2.05, 4.69) is 12.2 Å². The largest absolute Gasteiger partial charge is 0.311 e. The summed E-state index contributed by atoms with van der Waals surface area (Å²) in [7, 11) is 0. The Kier molecular flexibility index (Phi) is 3.02. The van der Waals surface area contributed by atoms with Crippen LogP contribution in [0.1, 0.15) is 12.0 Å². The second kappa shape index (κ2) is 4.45. The number of hydrogen-bond donors (Lipinski definition) is 1. The lowest BCUT2D eigenvalue weighted by molar-refractivity contribution is -0.117. The highest BCUT2D eigenvalue weighted by Crippen LogP contribution is 2.16. The molecule has 1 aromatic rings. The summed E-state index contributed by atoms with van der Waals surface area (Å²) in [5, 5.41) is 3.12. The van der Waals surface area contributed by atoms with Crippen LogP contribution in [0, 0.1) is 6.92 Å². The average Bonchev–Trinajstić information content (AvgIpc) is 2.44. The van der Waals surface area contributed by atoms with Crippen molar-refractivity contribution in [2.24, 2.45) is 0 Å². The summed E-state index contributed by atoms with van der Waals surface area (Å²) in [6.07, 6.45) is 1.01. The third-order valence-electron chi connectivity index (χ3n) is 2.66. The molecule has 1 amide bonds.